The molecule has 1 fully saturated rings. The molecule has 4 nitrogen and oxygen atoms in total. The zero-order chi connectivity index (χ0) is 11.3. The van der Waals surface area contributed by atoms with Gasteiger partial charge >= 0.3 is 0 Å². The fourth-order valence-electron chi connectivity index (χ4n) is 1.52. The Morgan fingerprint density at radius 1 is 1.20 bits per heavy atom. The largest absolute Gasteiger partial charge is 0.403 e. The van der Waals surface area contributed by atoms with Crippen molar-refractivity contribution in [1.82, 2.24) is 9.80 Å². The monoisotopic (exact) mass is 208 g/mol. The highest BCUT2D eigenvalue weighted by Crippen LogP contribution is 2.09. The van der Waals surface area contributed by atoms with Gasteiger partial charge in [-0.05, 0) is 19.2 Å². The lowest BCUT2D eigenvalue weighted by Crippen LogP contribution is -2.43. The van der Waals surface area contributed by atoms with Gasteiger partial charge in [-0.15, -0.1) is 0 Å². The van der Waals surface area contributed by atoms with Crippen LogP contribution in [-0.2, 0) is 0 Å². The SMILES string of the molecule is C=C(N)/C=C\C(=C/N)N1CCN(C)CC1. The van der Waals surface area contributed by atoms with Crippen LogP contribution in [0.5, 0.6) is 0 Å². The van der Waals surface area contributed by atoms with Crippen LogP contribution < -0.4 is 11.5 Å². The van der Waals surface area contributed by atoms with Crippen molar-refractivity contribution in [3.63, 3.8) is 0 Å². The van der Waals surface area contributed by atoms with Crippen LogP contribution in [0.15, 0.2) is 36.3 Å². The van der Waals surface area contributed by atoms with E-state index in [9.17, 15) is 0 Å². The number of hydrogen-bond acceptors (Lipinski definition) is 4. The van der Waals surface area contributed by atoms with Gasteiger partial charge in [0.05, 0.1) is 5.70 Å². The maximum Gasteiger partial charge on any atom is 0.0525 e. The number of hydrogen-bond donors (Lipinski definition) is 2. The smallest absolute Gasteiger partial charge is 0.0525 e. The van der Waals surface area contributed by atoms with E-state index in [1.807, 2.05) is 6.08 Å². The van der Waals surface area contributed by atoms with Gasteiger partial charge in [0.15, 0.2) is 0 Å². The molecule has 1 aliphatic rings. The van der Waals surface area contributed by atoms with E-state index in [1.165, 1.54) is 0 Å². The Balaban J connectivity index is 2.56. The van der Waals surface area contributed by atoms with E-state index in [1.54, 1.807) is 12.3 Å². The average molecular weight is 208 g/mol. The molecule has 0 aromatic rings. The van der Waals surface area contributed by atoms with Crippen LogP contribution in [0, 0.1) is 0 Å². The second-order valence-electron chi connectivity index (χ2n) is 3.79. The summed E-state index contributed by atoms with van der Waals surface area (Å²) in [6.07, 6.45) is 5.30. The lowest BCUT2D eigenvalue weighted by molar-refractivity contribution is 0.190. The van der Waals surface area contributed by atoms with E-state index in [-0.39, 0.29) is 0 Å². The van der Waals surface area contributed by atoms with Gasteiger partial charge in [-0.1, -0.05) is 6.58 Å². The summed E-state index contributed by atoms with van der Waals surface area (Å²) in [6, 6.07) is 0. The molecule has 4 heteroatoms. The van der Waals surface area contributed by atoms with Gasteiger partial charge in [0.1, 0.15) is 0 Å². The lowest BCUT2D eigenvalue weighted by atomic mass is 10.2. The molecule has 0 saturated carbocycles. The zero-order valence-corrected chi connectivity index (χ0v) is 9.32. The van der Waals surface area contributed by atoms with Crippen molar-refractivity contribution in [3.05, 3.63) is 36.3 Å². The number of nitrogens with two attached hydrogens (primary N) is 2. The summed E-state index contributed by atoms with van der Waals surface area (Å²) in [5.74, 6) is 0. The Morgan fingerprint density at radius 2 is 1.80 bits per heavy atom. The molecule has 15 heavy (non-hydrogen) atoms. The predicted octanol–water partition coefficient (Wildman–Crippen LogP) is 0.0625. The lowest BCUT2D eigenvalue weighted by Gasteiger charge is -2.34. The Bertz CT molecular complexity index is 272. The highest BCUT2D eigenvalue weighted by atomic mass is 15.2. The first-order valence-corrected chi connectivity index (χ1v) is 5.11. The molecule has 0 spiro atoms. The summed E-state index contributed by atoms with van der Waals surface area (Å²) in [7, 11) is 2.13. The van der Waals surface area contributed by atoms with Crippen molar-refractivity contribution < 1.29 is 0 Å². The minimum Gasteiger partial charge on any atom is -0.403 e. The molecular formula is C11H20N4. The van der Waals surface area contributed by atoms with Crippen LogP contribution in [0.4, 0.5) is 0 Å². The van der Waals surface area contributed by atoms with Gasteiger partial charge in [0, 0.05) is 38.1 Å². The van der Waals surface area contributed by atoms with E-state index < -0.39 is 0 Å². The molecule has 1 heterocycles. The van der Waals surface area contributed by atoms with Gasteiger partial charge in [0.25, 0.3) is 0 Å². The molecule has 0 aliphatic carbocycles. The summed E-state index contributed by atoms with van der Waals surface area (Å²) < 4.78 is 0. The van der Waals surface area contributed by atoms with Crippen molar-refractivity contribution in [3.8, 4) is 0 Å². The molecule has 84 valence electrons. The Hall–Kier alpha value is -1.42. The fraction of sp³-hybridized carbons (Fsp3) is 0.455. The van der Waals surface area contributed by atoms with E-state index in [0.717, 1.165) is 31.9 Å². The molecule has 4 N–H and O–H groups in total. The van der Waals surface area contributed by atoms with Crippen molar-refractivity contribution in [1.29, 1.82) is 0 Å². The number of rotatable bonds is 3. The zero-order valence-electron chi connectivity index (χ0n) is 9.32. The van der Waals surface area contributed by atoms with E-state index in [0.29, 0.717) is 5.70 Å². The Kier molecular flexibility index (Phi) is 4.24. The van der Waals surface area contributed by atoms with E-state index in [2.05, 4.69) is 23.4 Å². The highest BCUT2D eigenvalue weighted by Gasteiger charge is 2.14. The Morgan fingerprint density at radius 3 is 2.27 bits per heavy atom. The van der Waals surface area contributed by atoms with Crippen molar-refractivity contribution in [2.45, 2.75) is 0 Å². The van der Waals surface area contributed by atoms with Crippen molar-refractivity contribution in [2.24, 2.45) is 11.5 Å². The molecule has 0 unspecified atom stereocenters. The van der Waals surface area contributed by atoms with Crippen molar-refractivity contribution in [2.75, 3.05) is 33.2 Å². The second kappa shape index (κ2) is 5.46. The summed E-state index contributed by atoms with van der Waals surface area (Å²) in [5.41, 5.74) is 12.6. The van der Waals surface area contributed by atoms with Gasteiger partial charge in [0.2, 0.25) is 0 Å². The quantitative estimate of drug-likeness (QED) is 0.644. The molecule has 1 rings (SSSR count). The number of piperazine rings is 1. The number of likely N-dealkylation sites (N-methyl/N-ethyl adjacent to an activating group) is 1. The normalized spacial score (nSPS) is 19.8. The summed E-state index contributed by atoms with van der Waals surface area (Å²) in [6.45, 7) is 7.75. The minimum absolute atomic E-state index is 0.545. The third-order valence-corrected chi connectivity index (χ3v) is 2.51. The maximum atomic E-state index is 5.59. The summed E-state index contributed by atoms with van der Waals surface area (Å²) >= 11 is 0. The topological polar surface area (TPSA) is 58.5 Å². The summed E-state index contributed by atoms with van der Waals surface area (Å²) in [5, 5.41) is 0. The van der Waals surface area contributed by atoms with Gasteiger partial charge in [-0.2, -0.15) is 0 Å². The molecule has 0 aromatic heterocycles. The molecule has 1 saturated heterocycles. The van der Waals surface area contributed by atoms with Crippen LogP contribution in [0.2, 0.25) is 0 Å². The third kappa shape index (κ3) is 3.67. The van der Waals surface area contributed by atoms with Crippen LogP contribution in [-0.4, -0.2) is 43.0 Å². The molecule has 0 aromatic carbocycles. The molecule has 0 radical (unpaired) electrons. The first-order valence-electron chi connectivity index (χ1n) is 5.11. The second-order valence-corrected chi connectivity index (χ2v) is 3.79. The molecule has 1 aliphatic heterocycles. The van der Waals surface area contributed by atoms with Crippen LogP contribution in [0.25, 0.3) is 0 Å². The number of allylic oxidation sites excluding steroid dienone is 2. The Labute approximate surface area is 91.5 Å². The fourth-order valence-corrected chi connectivity index (χ4v) is 1.52. The van der Waals surface area contributed by atoms with Gasteiger partial charge < -0.3 is 21.3 Å². The van der Waals surface area contributed by atoms with Crippen LogP contribution in [0.1, 0.15) is 0 Å². The highest BCUT2D eigenvalue weighted by molar-refractivity contribution is 5.23. The summed E-state index contributed by atoms with van der Waals surface area (Å²) in [4.78, 5) is 4.55. The third-order valence-electron chi connectivity index (χ3n) is 2.51. The first-order chi connectivity index (χ1) is 7.13. The number of nitrogens with zero attached hydrogens (tertiary/aromatic N) is 2. The van der Waals surface area contributed by atoms with Crippen LogP contribution >= 0.6 is 0 Å². The van der Waals surface area contributed by atoms with Gasteiger partial charge in [-0.3, -0.25) is 0 Å². The molecule has 0 bridgehead atoms. The predicted molar refractivity (Wildman–Crippen MR) is 63.8 cm³/mol. The minimum atomic E-state index is 0.545. The van der Waals surface area contributed by atoms with Crippen LogP contribution in [0.3, 0.4) is 0 Å². The first kappa shape index (κ1) is 11.7. The maximum absolute atomic E-state index is 5.59. The molecular weight excluding hydrogens is 188 g/mol. The average Bonchev–Trinajstić information content (AvgIpc) is 2.21. The van der Waals surface area contributed by atoms with E-state index in [4.69, 9.17) is 11.5 Å². The van der Waals surface area contributed by atoms with E-state index >= 15 is 0 Å². The standard InChI is InChI=1S/C11H20N4/c1-10(13)3-4-11(9-12)15-7-5-14(2)6-8-15/h3-4,9H,1,5-8,12-13H2,2H3/b4-3-,11-9+. The molecule has 0 atom stereocenters. The van der Waals surface area contributed by atoms with Crippen molar-refractivity contribution >= 4 is 0 Å². The molecule has 0 amide bonds. The van der Waals surface area contributed by atoms with Gasteiger partial charge in [-0.25, -0.2) is 0 Å².